The molecule has 0 saturated carbocycles. The van der Waals surface area contributed by atoms with Gasteiger partial charge in [0.05, 0.1) is 28.9 Å². The SMILES string of the molecule is CC(C)(C)OC(=O)c1nc(N2CCc3cccc(C(=O)Nc4nc5ccccc5s4)c3C2)ccc1-c1ccc(OCCCC2CCN(CC(=O)O)CC2)cc1C(F)(F)F. The molecule has 2 aliphatic rings. The van der Waals surface area contributed by atoms with E-state index in [1.807, 2.05) is 46.2 Å². The number of carboxylic acid groups (broad SMARTS) is 1. The highest BCUT2D eigenvalue weighted by Gasteiger charge is 2.36. The first-order chi connectivity index (χ1) is 28.1. The van der Waals surface area contributed by atoms with E-state index in [1.54, 1.807) is 32.9 Å². The quantitative estimate of drug-likeness (QED) is 0.0927. The number of likely N-dealkylation sites (tertiary alicyclic amines) is 1. The number of carboxylic acids is 1. The lowest BCUT2D eigenvalue weighted by Gasteiger charge is -2.31. The molecule has 2 aromatic heterocycles. The van der Waals surface area contributed by atoms with E-state index in [0.29, 0.717) is 54.9 Å². The summed E-state index contributed by atoms with van der Waals surface area (Å²) in [6.07, 6.45) is -1.04. The number of esters is 1. The van der Waals surface area contributed by atoms with Crippen molar-refractivity contribution in [3.05, 3.63) is 101 Å². The Hall–Kier alpha value is -5.54. The number of anilines is 2. The predicted molar refractivity (Wildman–Crippen MR) is 220 cm³/mol. The number of thiazole rings is 1. The number of aliphatic carboxylic acids is 1. The van der Waals surface area contributed by atoms with Gasteiger partial charge in [-0.25, -0.2) is 14.8 Å². The third-order valence-corrected chi connectivity index (χ3v) is 11.5. The number of benzene rings is 3. The van der Waals surface area contributed by atoms with Crippen LogP contribution in [0.1, 0.15) is 84.0 Å². The van der Waals surface area contributed by atoms with Crippen LogP contribution in [0.5, 0.6) is 5.75 Å². The monoisotopic (exact) mass is 829 g/mol. The van der Waals surface area contributed by atoms with Gasteiger partial charge in [-0.15, -0.1) is 0 Å². The lowest BCUT2D eigenvalue weighted by atomic mass is 9.92. The van der Waals surface area contributed by atoms with E-state index in [9.17, 15) is 27.6 Å². The molecule has 1 fully saturated rings. The number of nitrogens with zero attached hydrogens (tertiary/aromatic N) is 4. The zero-order valence-corrected chi connectivity index (χ0v) is 33.9. The van der Waals surface area contributed by atoms with E-state index in [1.165, 1.54) is 29.5 Å². The van der Waals surface area contributed by atoms with Gasteiger partial charge < -0.3 is 19.5 Å². The summed E-state index contributed by atoms with van der Waals surface area (Å²) in [5.74, 6) is -1.24. The Bertz CT molecular complexity index is 2320. The number of halogens is 3. The van der Waals surface area contributed by atoms with Crippen LogP contribution in [0.3, 0.4) is 0 Å². The van der Waals surface area contributed by atoms with Crippen molar-refractivity contribution in [2.75, 3.05) is 43.0 Å². The topological polar surface area (TPSA) is 134 Å². The van der Waals surface area contributed by atoms with Gasteiger partial charge in [0.1, 0.15) is 17.2 Å². The number of rotatable bonds is 12. The molecule has 0 bridgehead atoms. The number of fused-ring (bicyclic) bond motifs is 2. The van der Waals surface area contributed by atoms with Gasteiger partial charge in [0.15, 0.2) is 10.8 Å². The molecule has 2 aliphatic heterocycles. The molecule has 2 N–H and O–H groups in total. The van der Waals surface area contributed by atoms with Crippen LogP contribution in [-0.2, 0) is 28.7 Å². The highest BCUT2D eigenvalue weighted by molar-refractivity contribution is 7.22. The number of hydrogen-bond acceptors (Lipinski definition) is 10. The molecule has 15 heteroatoms. The van der Waals surface area contributed by atoms with Crippen LogP contribution in [0, 0.1) is 5.92 Å². The van der Waals surface area contributed by atoms with Crippen LogP contribution >= 0.6 is 11.3 Å². The average Bonchev–Trinajstić information content (AvgIpc) is 3.60. The van der Waals surface area contributed by atoms with E-state index in [2.05, 4.69) is 15.3 Å². The Morgan fingerprint density at radius 3 is 2.42 bits per heavy atom. The van der Waals surface area contributed by atoms with Crippen molar-refractivity contribution in [1.29, 1.82) is 0 Å². The Morgan fingerprint density at radius 1 is 0.932 bits per heavy atom. The van der Waals surface area contributed by atoms with E-state index in [0.717, 1.165) is 46.7 Å². The molecule has 1 saturated heterocycles. The molecule has 0 spiro atoms. The van der Waals surface area contributed by atoms with Crippen molar-refractivity contribution in [1.82, 2.24) is 14.9 Å². The molecule has 59 heavy (non-hydrogen) atoms. The zero-order valence-electron chi connectivity index (χ0n) is 33.1. The number of aromatic nitrogens is 2. The van der Waals surface area contributed by atoms with Crippen molar-refractivity contribution in [3.63, 3.8) is 0 Å². The standard InChI is InChI=1S/C44H46F3N5O6S/c1-43(2,3)58-41(56)39-31(30-14-13-29(24-34(30)44(45,46)47)57-23-7-8-27-17-20-51(21-18-27)26-38(53)54)15-16-37(49-39)52-22-19-28-9-6-10-32(33(28)25-52)40(55)50-42-48-35-11-4-5-12-36(35)59-42/h4-6,9-16,24,27H,7-8,17-23,25-26H2,1-3H3,(H,53,54)(H,48,50,55). The average molecular weight is 830 g/mol. The largest absolute Gasteiger partial charge is 0.494 e. The highest BCUT2D eigenvalue weighted by Crippen LogP contribution is 2.41. The maximum Gasteiger partial charge on any atom is 0.417 e. The van der Waals surface area contributed by atoms with Gasteiger partial charge >= 0.3 is 18.1 Å². The summed E-state index contributed by atoms with van der Waals surface area (Å²) in [6.45, 7) is 7.42. The third kappa shape index (κ3) is 10.2. The maximum atomic E-state index is 14.8. The van der Waals surface area contributed by atoms with Crippen molar-refractivity contribution in [3.8, 4) is 16.9 Å². The molecule has 0 unspecified atom stereocenters. The minimum atomic E-state index is -4.79. The summed E-state index contributed by atoms with van der Waals surface area (Å²) in [5.41, 5.74) is 0.533. The molecule has 4 heterocycles. The fourth-order valence-corrected chi connectivity index (χ4v) is 8.53. The number of piperidine rings is 1. The first kappa shape index (κ1) is 41.6. The Balaban J connectivity index is 1.11. The first-order valence-corrected chi connectivity index (χ1v) is 20.5. The number of amides is 1. The number of alkyl halides is 3. The Kier molecular flexibility index (Phi) is 12.2. The number of nitrogens with one attached hydrogen (secondary N) is 1. The summed E-state index contributed by atoms with van der Waals surface area (Å²) in [4.78, 5) is 51.4. The first-order valence-electron chi connectivity index (χ1n) is 19.7. The zero-order chi connectivity index (χ0) is 41.9. The number of pyridine rings is 1. The molecule has 7 rings (SSSR count). The summed E-state index contributed by atoms with van der Waals surface area (Å²) < 4.78 is 56.8. The van der Waals surface area contributed by atoms with Crippen LogP contribution in [0.4, 0.5) is 24.1 Å². The van der Waals surface area contributed by atoms with Crippen molar-refractivity contribution < 1.29 is 42.1 Å². The number of hydrogen-bond donors (Lipinski definition) is 2. The predicted octanol–water partition coefficient (Wildman–Crippen LogP) is 9.10. The van der Waals surface area contributed by atoms with Crippen molar-refractivity contribution in [2.24, 2.45) is 5.92 Å². The molecule has 1 amide bonds. The molecule has 310 valence electrons. The second-order valence-corrected chi connectivity index (χ2v) is 17.0. The van der Waals surface area contributed by atoms with Gasteiger partial charge in [0, 0.05) is 24.2 Å². The van der Waals surface area contributed by atoms with E-state index < -0.39 is 29.3 Å². The Morgan fingerprint density at radius 2 is 1.69 bits per heavy atom. The van der Waals surface area contributed by atoms with Crippen LogP contribution in [0.15, 0.2) is 72.8 Å². The minimum absolute atomic E-state index is 0.0237. The molecular formula is C44H46F3N5O6S. The van der Waals surface area contributed by atoms with E-state index in [-0.39, 0.29) is 48.2 Å². The second-order valence-electron chi connectivity index (χ2n) is 15.9. The molecule has 5 aromatic rings. The summed E-state index contributed by atoms with van der Waals surface area (Å²) in [6, 6.07) is 19.9. The number of ether oxygens (including phenoxy) is 2. The lowest BCUT2D eigenvalue weighted by molar-refractivity contribution is -0.139. The van der Waals surface area contributed by atoms with Gasteiger partial charge in [0.25, 0.3) is 5.91 Å². The van der Waals surface area contributed by atoms with E-state index >= 15 is 0 Å². The number of carbonyl (C=O) groups is 3. The van der Waals surface area contributed by atoms with Gasteiger partial charge in [0.2, 0.25) is 0 Å². The fourth-order valence-electron chi connectivity index (χ4n) is 7.67. The van der Waals surface area contributed by atoms with Crippen molar-refractivity contribution in [2.45, 2.75) is 71.2 Å². The summed E-state index contributed by atoms with van der Waals surface area (Å²) in [7, 11) is 0. The summed E-state index contributed by atoms with van der Waals surface area (Å²) in [5, 5.41) is 12.4. The van der Waals surface area contributed by atoms with Crippen LogP contribution < -0.4 is 15.0 Å². The smallest absolute Gasteiger partial charge is 0.417 e. The molecule has 3 aromatic carbocycles. The van der Waals surface area contributed by atoms with Crippen LogP contribution in [0.2, 0.25) is 0 Å². The number of carbonyl (C=O) groups excluding carboxylic acids is 2. The minimum Gasteiger partial charge on any atom is -0.494 e. The molecular weight excluding hydrogens is 784 g/mol. The molecule has 0 radical (unpaired) electrons. The maximum absolute atomic E-state index is 14.8. The molecule has 11 nitrogen and oxygen atoms in total. The van der Waals surface area contributed by atoms with Crippen molar-refractivity contribution >= 4 is 50.3 Å². The Labute approximate surface area is 344 Å². The summed E-state index contributed by atoms with van der Waals surface area (Å²) >= 11 is 1.38. The van der Waals surface area contributed by atoms with Crippen LogP contribution in [0.25, 0.3) is 21.3 Å². The molecule has 0 aliphatic carbocycles. The fraction of sp³-hybridized carbons (Fsp3) is 0.386. The van der Waals surface area contributed by atoms with Gasteiger partial charge in [-0.2, -0.15) is 13.2 Å². The number of para-hydroxylation sites is 1. The van der Waals surface area contributed by atoms with Crippen LogP contribution in [-0.4, -0.2) is 76.2 Å². The molecule has 0 atom stereocenters. The van der Waals surface area contributed by atoms with Gasteiger partial charge in [-0.3, -0.25) is 19.8 Å². The van der Waals surface area contributed by atoms with E-state index in [4.69, 9.17) is 14.6 Å². The van der Waals surface area contributed by atoms with Gasteiger partial charge in [-0.05, 0) is 131 Å². The second kappa shape index (κ2) is 17.4. The normalized spacial score (nSPS) is 15.2. The third-order valence-electron chi connectivity index (χ3n) is 10.5. The lowest BCUT2D eigenvalue weighted by Crippen LogP contribution is -2.37. The highest BCUT2D eigenvalue weighted by atomic mass is 32.1. The van der Waals surface area contributed by atoms with Gasteiger partial charge in [-0.1, -0.05) is 41.7 Å².